The van der Waals surface area contributed by atoms with Gasteiger partial charge >= 0.3 is 0 Å². The van der Waals surface area contributed by atoms with Gasteiger partial charge in [0.1, 0.15) is 11.0 Å². The Hall–Kier alpha value is -1.29. The Labute approximate surface area is 119 Å². The normalized spacial score (nSPS) is 17.6. The van der Waals surface area contributed by atoms with Crippen LogP contribution >= 0.6 is 11.6 Å². The zero-order valence-electron chi connectivity index (χ0n) is 11.7. The smallest absolute Gasteiger partial charge is 0.254 e. The van der Waals surface area contributed by atoms with Crippen LogP contribution in [0, 0.1) is 0 Å². The summed E-state index contributed by atoms with van der Waals surface area (Å²) in [6, 6.07) is 3.41. The van der Waals surface area contributed by atoms with Gasteiger partial charge in [0.25, 0.3) is 5.91 Å². The van der Waals surface area contributed by atoms with Crippen LogP contribution in [0.3, 0.4) is 0 Å². The molecule has 104 valence electrons. The number of aromatic nitrogens is 1. The molecule has 1 N–H and O–H groups in total. The first kappa shape index (κ1) is 14.1. The molecule has 1 aromatic heterocycles. The molecule has 0 spiro atoms. The maximum Gasteiger partial charge on any atom is 0.254 e. The summed E-state index contributed by atoms with van der Waals surface area (Å²) >= 11 is 5.99. The van der Waals surface area contributed by atoms with Crippen LogP contribution in [0.1, 0.15) is 44.0 Å². The molecule has 19 heavy (non-hydrogen) atoms. The molecular formula is C14H20ClN3O. The van der Waals surface area contributed by atoms with Gasteiger partial charge in [-0.25, -0.2) is 4.98 Å². The monoisotopic (exact) mass is 281 g/mol. The fourth-order valence-corrected chi connectivity index (χ4v) is 2.74. The fourth-order valence-electron chi connectivity index (χ4n) is 2.53. The number of halogens is 1. The maximum atomic E-state index is 12.6. The number of pyridine rings is 1. The van der Waals surface area contributed by atoms with Crippen LogP contribution in [0.5, 0.6) is 0 Å². The number of hydrogen-bond donors (Lipinski definition) is 1. The van der Waals surface area contributed by atoms with Crippen molar-refractivity contribution in [3.05, 3.63) is 22.8 Å². The first-order valence-corrected chi connectivity index (χ1v) is 7.05. The van der Waals surface area contributed by atoms with Crippen molar-refractivity contribution >= 4 is 23.3 Å². The van der Waals surface area contributed by atoms with Gasteiger partial charge in [0.15, 0.2) is 0 Å². The van der Waals surface area contributed by atoms with Crippen LogP contribution in [-0.4, -0.2) is 34.4 Å². The summed E-state index contributed by atoms with van der Waals surface area (Å²) < 4.78 is 0. The lowest BCUT2D eigenvalue weighted by Gasteiger charge is -2.31. The van der Waals surface area contributed by atoms with E-state index in [9.17, 15) is 4.79 Å². The lowest BCUT2D eigenvalue weighted by molar-refractivity contribution is 0.0652. The molecule has 0 aromatic carbocycles. The standard InChI is InChI=1S/C14H20ClN3O/c1-4-16-12-9-10(8-11(15)17-12)13(19)18-7-5-6-14(18,2)3/h8-9H,4-7H2,1-3H3,(H,16,17). The quantitative estimate of drug-likeness (QED) is 0.866. The van der Waals surface area contributed by atoms with Crippen molar-refractivity contribution in [2.24, 2.45) is 0 Å². The second-order valence-corrected chi connectivity index (χ2v) is 5.85. The van der Waals surface area contributed by atoms with Crippen molar-refractivity contribution in [2.45, 2.75) is 39.2 Å². The van der Waals surface area contributed by atoms with E-state index in [1.807, 2.05) is 11.8 Å². The van der Waals surface area contributed by atoms with Crippen molar-refractivity contribution in [3.8, 4) is 0 Å². The highest BCUT2D eigenvalue weighted by atomic mass is 35.5. The van der Waals surface area contributed by atoms with E-state index in [2.05, 4.69) is 24.1 Å². The molecule has 1 aliphatic heterocycles. The molecule has 4 nitrogen and oxygen atoms in total. The molecule has 0 atom stereocenters. The summed E-state index contributed by atoms with van der Waals surface area (Å²) in [7, 11) is 0. The van der Waals surface area contributed by atoms with Crippen molar-refractivity contribution < 1.29 is 4.79 Å². The number of nitrogens with one attached hydrogen (secondary N) is 1. The summed E-state index contributed by atoms with van der Waals surface area (Å²) in [5.74, 6) is 0.682. The number of nitrogens with zero attached hydrogens (tertiary/aromatic N) is 2. The van der Waals surface area contributed by atoms with E-state index in [0.29, 0.717) is 16.5 Å². The summed E-state index contributed by atoms with van der Waals surface area (Å²) in [4.78, 5) is 18.7. The van der Waals surface area contributed by atoms with Crippen LogP contribution in [0.4, 0.5) is 5.82 Å². The van der Waals surface area contributed by atoms with Crippen LogP contribution in [-0.2, 0) is 0 Å². The second kappa shape index (κ2) is 5.37. The van der Waals surface area contributed by atoms with Gasteiger partial charge in [-0.15, -0.1) is 0 Å². The Morgan fingerprint density at radius 3 is 2.84 bits per heavy atom. The summed E-state index contributed by atoms with van der Waals surface area (Å²) in [6.07, 6.45) is 2.09. The van der Waals surface area contributed by atoms with Gasteiger partial charge in [-0.05, 0) is 45.7 Å². The molecule has 1 amide bonds. The number of carbonyl (C=O) groups excluding carboxylic acids is 1. The van der Waals surface area contributed by atoms with Gasteiger partial charge in [0, 0.05) is 24.2 Å². The van der Waals surface area contributed by atoms with Gasteiger partial charge in [-0.1, -0.05) is 11.6 Å². The number of likely N-dealkylation sites (tertiary alicyclic amines) is 1. The average Bonchev–Trinajstić information content (AvgIpc) is 2.67. The van der Waals surface area contributed by atoms with Crippen molar-refractivity contribution in [3.63, 3.8) is 0 Å². The predicted molar refractivity (Wildman–Crippen MR) is 77.8 cm³/mol. The molecule has 1 fully saturated rings. The Bertz CT molecular complexity index is 488. The van der Waals surface area contributed by atoms with Crippen molar-refractivity contribution in [1.82, 2.24) is 9.88 Å². The minimum Gasteiger partial charge on any atom is -0.370 e. The average molecular weight is 282 g/mol. The summed E-state index contributed by atoms with van der Waals surface area (Å²) in [6.45, 7) is 7.74. The number of rotatable bonds is 3. The highest BCUT2D eigenvalue weighted by molar-refractivity contribution is 6.29. The Morgan fingerprint density at radius 2 is 2.26 bits per heavy atom. The molecule has 1 aliphatic rings. The van der Waals surface area contributed by atoms with Crippen LogP contribution in [0.15, 0.2) is 12.1 Å². The second-order valence-electron chi connectivity index (χ2n) is 5.47. The molecule has 2 rings (SSSR count). The number of anilines is 1. The zero-order chi connectivity index (χ0) is 14.0. The first-order valence-electron chi connectivity index (χ1n) is 6.67. The van der Waals surface area contributed by atoms with E-state index >= 15 is 0 Å². The summed E-state index contributed by atoms with van der Waals surface area (Å²) in [5.41, 5.74) is 0.525. The van der Waals surface area contributed by atoms with Gasteiger partial charge in [-0.2, -0.15) is 0 Å². The van der Waals surface area contributed by atoms with Crippen molar-refractivity contribution in [1.29, 1.82) is 0 Å². The highest BCUT2D eigenvalue weighted by Crippen LogP contribution is 2.30. The number of hydrogen-bond acceptors (Lipinski definition) is 3. The van der Waals surface area contributed by atoms with E-state index in [1.165, 1.54) is 0 Å². The van der Waals surface area contributed by atoms with Crippen LogP contribution < -0.4 is 5.32 Å². The minimum atomic E-state index is -0.0782. The van der Waals surface area contributed by atoms with Crippen LogP contribution in [0.25, 0.3) is 0 Å². The Morgan fingerprint density at radius 1 is 1.53 bits per heavy atom. The summed E-state index contributed by atoms with van der Waals surface area (Å²) in [5, 5.41) is 3.43. The van der Waals surface area contributed by atoms with E-state index in [4.69, 9.17) is 11.6 Å². The molecule has 0 bridgehead atoms. The molecule has 0 aliphatic carbocycles. The van der Waals surface area contributed by atoms with E-state index in [0.717, 1.165) is 25.9 Å². The molecular weight excluding hydrogens is 262 g/mol. The molecule has 1 aromatic rings. The fraction of sp³-hybridized carbons (Fsp3) is 0.571. The molecule has 2 heterocycles. The van der Waals surface area contributed by atoms with E-state index < -0.39 is 0 Å². The van der Waals surface area contributed by atoms with E-state index in [-0.39, 0.29) is 11.4 Å². The van der Waals surface area contributed by atoms with Gasteiger partial charge in [-0.3, -0.25) is 4.79 Å². The zero-order valence-corrected chi connectivity index (χ0v) is 12.4. The van der Waals surface area contributed by atoms with Crippen molar-refractivity contribution in [2.75, 3.05) is 18.4 Å². The Balaban J connectivity index is 2.28. The lowest BCUT2D eigenvalue weighted by atomic mass is 10.0. The number of carbonyl (C=O) groups is 1. The third-order valence-electron chi connectivity index (χ3n) is 3.55. The number of amides is 1. The molecule has 0 unspecified atom stereocenters. The third kappa shape index (κ3) is 3.00. The third-order valence-corrected chi connectivity index (χ3v) is 3.74. The molecule has 0 saturated carbocycles. The van der Waals surface area contributed by atoms with Gasteiger partial charge in [0.05, 0.1) is 0 Å². The van der Waals surface area contributed by atoms with E-state index in [1.54, 1.807) is 12.1 Å². The lowest BCUT2D eigenvalue weighted by Crippen LogP contribution is -2.42. The SMILES string of the molecule is CCNc1cc(C(=O)N2CCCC2(C)C)cc(Cl)n1. The topological polar surface area (TPSA) is 45.2 Å². The van der Waals surface area contributed by atoms with Gasteiger partial charge in [0.2, 0.25) is 0 Å². The highest BCUT2D eigenvalue weighted by Gasteiger charge is 2.35. The molecule has 5 heteroatoms. The largest absolute Gasteiger partial charge is 0.370 e. The minimum absolute atomic E-state index is 0.0333. The molecule has 1 saturated heterocycles. The Kier molecular flexibility index (Phi) is 3.99. The van der Waals surface area contributed by atoms with Gasteiger partial charge < -0.3 is 10.2 Å². The van der Waals surface area contributed by atoms with Crippen LogP contribution in [0.2, 0.25) is 5.15 Å². The molecule has 0 radical (unpaired) electrons. The first-order chi connectivity index (χ1) is 8.94. The predicted octanol–water partition coefficient (Wildman–Crippen LogP) is 3.18. The maximum absolute atomic E-state index is 12.6.